The van der Waals surface area contributed by atoms with Crippen LogP contribution in [-0.2, 0) is 10.8 Å². The molecule has 0 saturated heterocycles. The fraction of sp³-hybridized carbons (Fsp3) is 0.300. The molecule has 0 aliphatic rings. The van der Waals surface area contributed by atoms with Gasteiger partial charge in [0.05, 0.1) is 10.7 Å². The van der Waals surface area contributed by atoms with Gasteiger partial charge in [0.15, 0.2) is 5.78 Å². The Balaban J connectivity index is 2.88. The third-order valence-corrected chi connectivity index (χ3v) is 3.22. The SMILES string of the molecule is CCS(=O)CC(=O)c1cccc([N+](=O)[O-])c1. The maximum atomic E-state index is 11.6. The summed E-state index contributed by atoms with van der Waals surface area (Å²) in [7, 11) is -1.19. The monoisotopic (exact) mass is 241 g/mol. The zero-order valence-corrected chi connectivity index (χ0v) is 9.53. The molecule has 0 aliphatic carbocycles. The average molecular weight is 241 g/mol. The van der Waals surface area contributed by atoms with Crippen LogP contribution in [0.2, 0.25) is 0 Å². The number of ketones is 1. The lowest BCUT2D eigenvalue weighted by molar-refractivity contribution is -0.384. The van der Waals surface area contributed by atoms with E-state index in [2.05, 4.69) is 0 Å². The highest BCUT2D eigenvalue weighted by molar-refractivity contribution is 7.85. The quantitative estimate of drug-likeness (QED) is 0.445. The Hall–Kier alpha value is -1.56. The molecule has 0 N–H and O–H groups in total. The standard InChI is InChI=1S/C10H11NO4S/c1-2-16(15)7-10(12)8-4-3-5-9(6-8)11(13)14/h3-6H,2,7H2,1H3. The van der Waals surface area contributed by atoms with E-state index in [0.29, 0.717) is 5.75 Å². The number of carbonyl (C=O) groups is 1. The van der Waals surface area contributed by atoms with Gasteiger partial charge in [0.25, 0.3) is 5.69 Å². The summed E-state index contributed by atoms with van der Waals surface area (Å²) in [6, 6.07) is 5.45. The summed E-state index contributed by atoms with van der Waals surface area (Å²) < 4.78 is 11.2. The number of carbonyl (C=O) groups excluding carboxylic acids is 1. The molecule has 0 radical (unpaired) electrons. The van der Waals surface area contributed by atoms with Gasteiger partial charge in [-0.25, -0.2) is 0 Å². The molecule has 1 unspecified atom stereocenters. The van der Waals surface area contributed by atoms with E-state index in [4.69, 9.17) is 0 Å². The van der Waals surface area contributed by atoms with Crippen molar-refractivity contribution in [1.29, 1.82) is 0 Å². The molecule has 0 spiro atoms. The van der Waals surface area contributed by atoms with Crippen LogP contribution in [0.3, 0.4) is 0 Å². The molecule has 0 saturated carbocycles. The lowest BCUT2D eigenvalue weighted by atomic mass is 10.1. The van der Waals surface area contributed by atoms with Gasteiger partial charge in [-0.05, 0) is 0 Å². The Morgan fingerprint density at radius 3 is 2.75 bits per heavy atom. The molecule has 86 valence electrons. The van der Waals surface area contributed by atoms with E-state index in [1.165, 1.54) is 24.3 Å². The molecule has 0 heterocycles. The van der Waals surface area contributed by atoms with Crippen LogP contribution in [0.25, 0.3) is 0 Å². The van der Waals surface area contributed by atoms with Crippen LogP contribution in [0.15, 0.2) is 24.3 Å². The number of rotatable bonds is 5. The molecule has 1 rings (SSSR count). The minimum atomic E-state index is -1.19. The van der Waals surface area contributed by atoms with E-state index in [1.807, 2.05) is 0 Å². The lowest BCUT2D eigenvalue weighted by Crippen LogP contribution is -2.12. The highest BCUT2D eigenvalue weighted by Crippen LogP contribution is 2.13. The van der Waals surface area contributed by atoms with Crippen molar-refractivity contribution >= 4 is 22.3 Å². The van der Waals surface area contributed by atoms with Crippen LogP contribution in [0.5, 0.6) is 0 Å². The number of Topliss-reactive ketones (excluding diaryl/α,β-unsaturated/α-hetero) is 1. The minimum absolute atomic E-state index is 0.0856. The summed E-state index contributed by atoms with van der Waals surface area (Å²) in [6.07, 6.45) is 0. The van der Waals surface area contributed by atoms with Crippen LogP contribution >= 0.6 is 0 Å². The van der Waals surface area contributed by atoms with Crippen LogP contribution < -0.4 is 0 Å². The Morgan fingerprint density at radius 2 is 2.19 bits per heavy atom. The van der Waals surface area contributed by atoms with Gasteiger partial charge in [0, 0.05) is 34.2 Å². The fourth-order valence-electron chi connectivity index (χ4n) is 1.12. The second kappa shape index (κ2) is 5.50. The second-order valence-electron chi connectivity index (χ2n) is 3.10. The van der Waals surface area contributed by atoms with E-state index in [9.17, 15) is 19.1 Å². The van der Waals surface area contributed by atoms with Crippen molar-refractivity contribution in [3.05, 3.63) is 39.9 Å². The maximum Gasteiger partial charge on any atom is 0.270 e. The van der Waals surface area contributed by atoms with Gasteiger partial charge in [-0.15, -0.1) is 0 Å². The van der Waals surface area contributed by atoms with Crippen molar-refractivity contribution in [2.75, 3.05) is 11.5 Å². The summed E-state index contributed by atoms with van der Waals surface area (Å²) in [5.41, 5.74) is 0.101. The molecule has 1 aromatic carbocycles. The first-order valence-corrected chi connectivity index (χ1v) is 6.16. The van der Waals surface area contributed by atoms with Crippen molar-refractivity contribution in [2.24, 2.45) is 0 Å². The molecule has 5 nitrogen and oxygen atoms in total. The molecule has 0 bridgehead atoms. The molecule has 6 heteroatoms. The van der Waals surface area contributed by atoms with Crippen molar-refractivity contribution < 1.29 is 13.9 Å². The van der Waals surface area contributed by atoms with Gasteiger partial charge in [0.2, 0.25) is 0 Å². The third-order valence-electron chi connectivity index (χ3n) is 1.99. The van der Waals surface area contributed by atoms with E-state index >= 15 is 0 Å². The summed E-state index contributed by atoms with van der Waals surface area (Å²) in [5.74, 6) is -0.0119. The first-order chi connectivity index (χ1) is 7.54. The van der Waals surface area contributed by atoms with E-state index in [0.717, 1.165) is 0 Å². The largest absolute Gasteiger partial charge is 0.293 e. The first-order valence-electron chi connectivity index (χ1n) is 4.67. The number of nitrogens with zero attached hydrogens (tertiary/aromatic N) is 1. The van der Waals surface area contributed by atoms with Crippen molar-refractivity contribution in [3.63, 3.8) is 0 Å². The Kier molecular flexibility index (Phi) is 4.30. The van der Waals surface area contributed by atoms with Crippen LogP contribution in [0.4, 0.5) is 5.69 Å². The Bertz CT molecular complexity index is 444. The van der Waals surface area contributed by atoms with E-state index in [-0.39, 0.29) is 22.8 Å². The predicted octanol–water partition coefficient (Wildman–Crippen LogP) is 1.55. The molecular weight excluding hydrogens is 230 g/mol. The third kappa shape index (κ3) is 3.23. The van der Waals surface area contributed by atoms with Crippen LogP contribution in [0.1, 0.15) is 17.3 Å². The summed E-state index contributed by atoms with van der Waals surface area (Å²) in [4.78, 5) is 21.5. The number of hydrogen-bond donors (Lipinski definition) is 0. The summed E-state index contributed by atoms with van der Waals surface area (Å²) >= 11 is 0. The van der Waals surface area contributed by atoms with Gasteiger partial charge in [-0.2, -0.15) is 0 Å². The van der Waals surface area contributed by atoms with Gasteiger partial charge in [-0.3, -0.25) is 19.1 Å². The smallest absolute Gasteiger partial charge is 0.270 e. The topological polar surface area (TPSA) is 77.3 Å². The molecule has 0 fully saturated rings. The minimum Gasteiger partial charge on any atom is -0.293 e. The number of nitro benzene ring substituents is 1. The highest BCUT2D eigenvalue weighted by atomic mass is 32.2. The molecule has 0 aliphatic heterocycles. The van der Waals surface area contributed by atoms with Gasteiger partial charge >= 0.3 is 0 Å². The molecule has 16 heavy (non-hydrogen) atoms. The predicted molar refractivity (Wildman–Crippen MR) is 61.0 cm³/mol. The molecule has 1 aromatic rings. The maximum absolute atomic E-state index is 11.6. The zero-order chi connectivity index (χ0) is 12.1. The van der Waals surface area contributed by atoms with E-state index < -0.39 is 15.7 Å². The molecule has 0 amide bonds. The number of hydrogen-bond acceptors (Lipinski definition) is 4. The van der Waals surface area contributed by atoms with Gasteiger partial charge in [-0.1, -0.05) is 19.1 Å². The summed E-state index contributed by atoms with van der Waals surface area (Å²) in [6.45, 7) is 1.72. The van der Waals surface area contributed by atoms with Gasteiger partial charge < -0.3 is 0 Å². The van der Waals surface area contributed by atoms with Crippen LogP contribution in [0, 0.1) is 10.1 Å². The van der Waals surface area contributed by atoms with E-state index in [1.54, 1.807) is 6.92 Å². The zero-order valence-electron chi connectivity index (χ0n) is 8.71. The molecular formula is C10H11NO4S. The van der Waals surface area contributed by atoms with Crippen LogP contribution in [-0.4, -0.2) is 26.4 Å². The average Bonchev–Trinajstić information content (AvgIpc) is 2.28. The number of non-ortho nitro benzene ring substituents is 1. The van der Waals surface area contributed by atoms with Gasteiger partial charge in [0.1, 0.15) is 0 Å². The number of nitro groups is 1. The van der Waals surface area contributed by atoms with Crippen molar-refractivity contribution in [1.82, 2.24) is 0 Å². The first kappa shape index (κ1) is 12.5. The second-order valence-corrected chi connectivity index (χ2v) is 4.85. The van der Waals surface area contributed by atoms with Crippen molar-refractivity contribution in [2.45, 2.75) is 6.92 Å². The lowest BCUT2D eigenvalue weighted by Gasteiger charge is -1.99. The molecule has 1 atom stereocenters. The highest BCUT2D eigenvalue weighted by Gasteiger charge is 2.13. The Labute approximate surface area is 95.1 Å². The number of benzene rings is 1. The Morgan fingerprint density at radius 1 is 1.50 bits per heavy atom. The normalized spacial score (nSPS) is 12.1. The molecule has 0 aromatic heterocycles. The fourth-order valence-corrected chi connectivity index (χ4v) is 1.79. The van der Waals surface area contributed by atoms with Crippen molar-refractivity contribution in [3.8, 4) is 0 Å². The summed E-state index contributed by atoms with van der Waals surface area (Å²) in [5, 5.41) is 10.5.